The van der Waals surface area contributed by atoms with E-state index in [0.717, 1.165) is 17.4 Å². The van der Waals surface area contributed by atoms with Gasteiger partial charge in [0.25, 0.3) is 11.8 Å². The summed E-state index contributed by atoms with van der Waals surface area (Å²) >= 11 is 7.02. The van der Waals surface area contributed by atoms with Gasteiger partial charge in [-0.1, -0.05) is 37.4 Å². The lowest BCUT2D eigenvalue weighted by Crippen LogP contribution is -2.42. The second-order valence-corrected chi connectivity index (χ2v) is 17.1. The van der Waals surface area contributed by atoms with Gasteiger partial charge in [-0.2, -0.15) is 11.5 Å². The highest BCUT2D eigenvalue weighted by Crippen LogP contribution is 2.36. The molecule has 1 heterocycles. The molecule has 11 heteroatoms. The number of anilines is 3. The quantitative estimate of drug-likeness (QED) is 0.151. The summed E-state index contributed by atoms with van der Waals surface area (Å²) in [5, 5.41) is 7.01. The maximum absolute atomic E-state index is 14.4. The van der Waals surface area contributed by atoms with E-state index in [1.165, 1.54) is 11.1 Å². The number of carbonyl (C=O) groups is 2. The van der Waals surface area contributed by atoms with Gasteiger partial charge in [0.15, 0.2) is 8.32 Å². The molecule has 0 saturated heterocycles. The molecule has 3 aromatic rings. The van der Waals surface area contributed by atoms with E-state index in [2.05, 4.69) is 49.5 Å². The molecular weight excluding hydrogens is 555 g/mol. The lowest BCUT2D eigenvalue weighted by Gasteiger charge is -2.36. The monoisotopic (exact) mass is 586 g/mol. The molecule has 0 fully saturated rings. The van der Waals surface area contributed by atoms with Crippen LogP contribution in [0.3, 0.4) is 0 Å². The highest BCUT2D eigenvalue weighted by atomic mass is 35.5. The van der Waals surface area contributed by atoms with Gasteiger partial charge in [-0.25, -0.2) is 4.39 Å². The maximum Gasteiger partial charge on any atom is 0.265 e. The van der Waals surface area contributed by atoms with E-state index in [9.17, 15) is 14.0 Å². The Balaban J connectivity index is 1.71. The van der Waals surface area contributed by atoms with Crippen molar-refractivity contribution in [1.29, 1.82) is 0 Å². The molecule has 0 radical (unpaired) electrons. The lowest BCUT2D eigenvalue weighted by atomic mass is 10.1. The number of hydrogen-bond acceptors (Lipinski definition) is 5. The van der Waals surface area contributed by atoms with Gasteiger partial charge in [-0.15, -0.1) is 11.3 Å². The van der Waals surface area contributed by atoms with Crippen LogP contribution in [-0.4, -0.2) is 33.3 Å². The van der Waals surface area contributed by atoms with Crippen LogP contribution in [0.2, 0.25) is 22.5 Å². The Bertz CT molecular complexity index is 1400. The minimum atomic E-state index is -1.92. The third-order valence-electron chi connectivity index (χ3n) is 6.70. The highest BCUT2D eigenvalue weighted by molar-refractivity contribution is 7.18. The number of benzene rings is 2. The van der Waals surface area contributed by atoms with E-state index in [1.54, 1.807) is 43.3 Å². The molecule has 0 unspecified atom stereocenters. The number of hydrogen-bond donors (Lipinski definition) is 2. The van der Waals surface area contributed by atoms with Gasteiger partial charge in [0.2, 0.25) is 0 Å². The van der Waals surface area contributed by atoms with Gasteiger partial charge in [-0.3, -0.25) is 9.59 Å². The second-order valence-electron chi connectivity index (χ2n) is 10.5. The number of rotatable bonds is 9. The number of nitrogens with one attached hydrogen (secondary N) is 2. The van der Waals surface area contributed by atoms with Crippen molar-refractivity contribution in [3.63, 3.8) is 0 Å². The minimum absolute atomic E-state index is 0.0243. The zero-order valence-electron chi connectivity index (χ0n) is 22.8. The summed E-state index contributed by atoms with van der Waals surface area (Å²) in [7, 11) is -1.92. The van der Waals surface area contributed by atoms with E-state index >= 15 is 0 Å². The summed E-state index contributed by atoms with van der Waals surface area (Å²) in [5.41, 5.74) is 1.55. The van der Waals surface area contributed by atoms with Crippen LogP contribution in [0.25, 0.3) is 4.95 Å². The van der Waals surface area contributed by atoms with Crippen molar-refractivity contribution < 1.29 is 18.4 Å². The Hall–Kier alpha value is -3.23. The highest BCUT2D eigenvalue weighted by Gasteiger charge is 2.37. The molecule has 0 atom stereocenters. The second kappa shape index (κ2) is 12.3. The van der Waals surface area contributed by atoms with E-state index in [4.69, 9.17) is 22.6 Å². The molecule has 1 aromatic heterocycles. The van der Waals surface area contributed by atoms with Crippen LogP contribution in [0.15, 0.2) is 48.5 Å². The van der Waals surface area contributed by atoms with E-state index in [0.29, 0.717) is 33.7 Å². The average Bonchev–Trinajstić information content (AvgIpc) is 3.30. The Labute approximate surface area is 238 Å². The Kier molecular flexibility index (Phi) is 9.56. The molecule has 0 spiro atoms. The molecule has 0 aliphatic rings. The summed E-state index contributed by atoms with van der Waals surface area (Å²) in [6.07, 6.45) is 0. The first-order valence-electron chi connectivity index (χ1n) is 12.3. The number of amides is 2. The van der Waals surface area contributed by atoms with Crippen molar-refractivity contribution in [2.75, 3.05) is 28.8 Å². The van der Waals surface area contributed by atoms with Gasteiger partial charge in [-0.05, 0) is 79.2 Å². The van der Waals surface area contributed by atoms with Crippen LogP contribution < -0.4 is 15.6 Å². The van der Waals surface area contributed by atoms with Gasteiger partial charge in [0.1, 0.15) is 18.0 Å². The predicted molar refractivity (Wildman–Crippen MR) is 160 cm³/mol. The van der Waals surface area contributed by atoms with Crippen LogP contribution >= 0.6 is 22.9 Å². The van der Waals surface area contributed by atoms with Crippen LogP contribution in [0.5, 0.6) is 0 Å². The number of aryl methyl sites for hydroxylation is 1. The molecule has 2 N–H and O–H groups in total. The molecule has 3 rings (SSSR count). The van der Waals surface area contributed by atoms with E-state index < -0.39 is 25.9 Å². The van der Waals surface area contributed by atoms with Gasteiger partial charge >= 0.3 is 0 Å². The molecular formula is C28H32ClFN4O3SSi. The molecule has 2 aromatic carbocycles. The first-order chi connectivity index (χ1) is 18.2. The molecule has 0 aliphatic carbocycles. The fourth-order valence-corrected chi connectivity index (χ4v) is 5.32. The molecule has 2 amide bonds. The minimum Gasteiger partial charge on any atom is -0.415 e. The van der Waals surface area contributed by atoms with Gasteiger partial charge in [0.05, 0.1) is 27.1 Å². The molecule has 206 valence electrons. The Morgan fingerprint density at radius 3 is 2.33 bits per heavy atom. The topological polar surface area (TPSA) is 75.0 Å². The SMILES string of the molecule is [C-]#[N+]N(CCO[Si](C)(C)C(C)(C)C)c1ccc(NC(=O)c2cc(F)c(C)cc2NC(=O)c2ccc(Cl)s2)cc1. The van der Waals surface area contributed by atoms with Gasteiger partial charge in [0, 0.05) is 5.69 Å². The summed E-state index contributed by atoms with van der Waals surface area (Å²) < 4.78 is 21.0. The molecule has 0 saturated carbocycles. The van der Waals surface area contributed by atoms with Crippen molar-refractivity contribution in [3.8, 4) is 0 Å². The smallest absolute Gasteiger partial charge is 0.265 e. The largest absolute Gasteiger partial charge is 0.415 e. The van der Waals surface area contributed by atoms with E-state index in [-0.39, 0.29) is 21.9 Å². The normalized spacial score (nSPS) is 11.6. The summed E-state index contributed by atoms with van der Waals surface area (Å²) in [4.78, 5) is 29.7. The summed E-state index contributed by atoms with van der Waals surface area (Å²) in [6, 6.07) is 12.5. The van der Waals surface area contributed by atoms with Crippen molar-refractivity contribution in [1.82, 2.24) is 0 Å². The molecule has 0 bridgehead atoms. The van der Waals surface area contributed by atoms with Crippen LogP contribution in [0, 0.1) is 19.3 Å². The van der Waals surface area contributed by atoms with Crippen LogP contribution in [0.1, 0.15) is 46.4 Å². The van der Waals surface area contributed by atoms with Crippen molar-refractivity contribution in [2.24, 2.45) is 0 Å². The Morgan fingerprint density at radius 2 is 1.77 bits per heavy atom. The Morgan fingerprint density at radius 1 is 1.10 bits per heavy atom. The summed E-state index contributed by atoms with van der Waals surface area (Å²) in [6.45, 7) is 20.8. The van der Waals surface area contributed by atoms with Crippen molar-refractivity contribution in [3.05, 3.63) is 86.2 Å². The first kappa shape index (κ1) is 30.3. The fraction of sp³-hybridized carbons (Fsp3) is 0.321. The third-order valence-corrected chi connectivity index (χ3v) is 12.5. The zero-order chi connectivity index (χ0) is 29.0. The first-order valence-corrected chi connectivity index (χ1v) is 16.4. The van der Waals surface area contributed by atoms with Crippen molar-refractivity contribution in [2.45, 2.75) is 45.8 Å². The zero-order valence-corrected chi connectivity index (χ0v) is 25.4. The van der Waals surface area contributed by atoms with E-state index in [1.807, 2.05) is 0 Å². The standard InChI is InChI=1S/C28H32ClFN4O3SSi/c1-18-16-23(33-27(36)24-12-13-25(29)38-24)21(17-22(18)30)26(35)32-19-8-10-20(11-9-19)34(31-5)14-15-37-39(6,7)28(2,3)4/h8-13,16-17H,14-15H2,1-4,6-7H3,(H,32,35)(H,33,36). The maximum atomic E-state index is 14.4. The van der Waals surface area contributed by atoms with Crippen molar-refractivity contribution >= 4 is 60.1 Å². The molecule has 0 aliphatic heterocycles. The van der Waals surface area contributed by atoms with Crippen LogP contribution in [-0.2, 0) is 4.43 Å². The predicted octanol–water partition coefficient (Wildman–Crippen LogP) is 8.02. The average molecular weight is 587 g/mol. The van der Waals surface area contributed by atoms with Crippen LogP contribution in [0.4, 0.5) is 21.5 Å². The molecule has 7 nitrogen and oxygen atoms in total. The molecule has 39 heavy (non-hydrogen) atoms. The number of carbonyl (C=O) groups excluding carboxylic acids is 2. The summed E-state index contributed by atoms with van der Waals surface area (Å²) in [5.74, 6) is -1.61. The number of thiophene rings is 1. The lowest BCUT2D eigenvalue weighted by molar-refractivity contribution is 0.102. The fourth-order valence-electron chi connectivity index (χ4n) is 3.35. The third kappa shape index (κ3) is 7.67. The number of halogens is 2. The number of nitrogens with zero attached hydrogens (tertiary/aromatic N) is 2. The van der Waals surface area contributed by atoms with Gasteiger partial charge < -0.3 is 15.1 Å².